The van der Waals surface area contributed by atoms with Crippen LogP contribution in [0, 0.1) is 0 Å². The van der Waals surface area contributed by atoms with Crippen LogP contribution in [0.3, 0.4) is 0 Å². The highest BCUT2D eigenvalue weighted by Crippen LogP contribution is 2.28. The van der Waals surface area contributed by atoms with Crippen LogP contribution in [0.2, 0.25) is 5.02 Å². The van der Waals surface area contributed by atoms with E-state index in [1.807, 2.05) is 13.8 Å². The van der Waals surface area contributed by atoms with Crippen molar-refractivity contribution >= 4 is 27.4 Å². The van der Waals surface area contributed by atoms with Gasteiger partial charge in [0.1, 0.15) is 10.7 Å². The summed E-state index contributed by atoms with van der Waals surface area (Å²) >= 11 is 6.14. The molecule has 7 heteroatoms. The topological polar surface area (TPSA) is 62.3 Å². The predicted octanol–water partition coefficient (Wildman–Crippen LogP) is 3.12. The Kier molecular flexibility index (Phi) is 5.46. The summed E-state index contributed by atoms with van der Waals surface area (Å²) in [7, 11) is -3.51. The van der Waals surface area contributed by atoms with Crippen molar-refractivity contribution in [3.8, 4) is 0 Å². The first-order chi connectivity index (χ1) is 9.96. The van der Waals surface area contributed by atoms with Gasteiger partial charge in [-0.25, -0.2) is 13.4 Å². The maximum absolute atomic E-state index is 12.7. The molecule has 2 rings (SSSR count). The number of hydrogen-bond acceptors (Lipinski definition) is 4. The molecule has 1 unspecified atom stereocenters. The zero-order valence-corrected chi connectivity index (χ0v) is 14.0. The van der Waals surface area contributed by atoms with Gasteiger partial charge in [-0.2, -0.15) is 4.31 Å². The average molecular weight is 332 g/mol. The summed E-state index contributed by atoms with van der Waals surface area (Å²) in [4.78, 5) is 4.32. The highest BCUT2D eigenvalue weighted by Gasteiger charge is 2.31. The third-order valence-electron chi connectivity index (χ3n) is 3.71. The molecule has 1 atom stereocenters. The minimum Gasteiger partial charge on any atom is -0.369 e. The Morgan fingerprint density at radius 1 is 1.48 bits per heavy atom. The minimum atomic E-state index is -3.51. The SMILES string of the molecule is CCCNc1ncc(S(=O)(=O)N2CCCCC2C)cc1Cl. The van der Waals surface area contributed by atoms with Gasteiger partial charge in [-0.1, -0.05) is 24.9 Å². The van der Waals surface area contributed by atoms with E-state index < -0.39 is 10.0 Å². The Morgan fingerprint density at radius 2 is 2.24 bits per heavy atom. The fourth-order valence-electron chi connectivity index (χ4n) is 2.50. The molecule has 0 amide bonds. The van der Waals surface area contributed by atoms with E-state index in [0.717, 1.165) is 32.2 Å². The molecule has 0 spiro atoms. The van der Waals surface area contributed by atoms with Crippen LogP contribution in [0.15, 0.2) is 17.2 Å². The molecule has 1 fully saturated rings. The number of piperidine rings is 1. The van der Waals surface area contributed by atoms with E-state index in [0.29, 0.717) is 17.4 Å². The zero-order chi connectivity index (χ0) is 15.5. The van der Waals surface area contributed by atoms with Gasteiger partial charge in [0.15, 0.2) is 0 Å². The Bertz CT molecular complexity index is 592. The van der Waals surface area contributed by atoms with E-state index in [-0.39, 0.29) is 10.9 Å². The zero-order valence-electron chi connectivity index (χ0n) is 12.5. The summed E-state index contributed by atoms with van der Waals surface area (Å²) < 4.78 is 26.9. The van der Waals surface area contributed by atoms with Crippen molar-refractivity contribution < 1.29 is 8.42 Å². The van der Waals surface area contributed by atoms with Gasteiger partial charge in [0.2, 0.25) is 10.0 Å². The first kappa shape index (κ1) is 16.5. The second-order valence-corrected chi connectivity index (χ2v) is 7.69. The Balaban J connectivity index is 2.26. The van der Waals surface area contributed by atoms with Gasteiger partial charge in [-0.3, -0.25) is 0 Å². The second-order valence-electron chi connectivity index (χ2n) is 5.39. The highest BCUT2D eigenvalue weighted by atomic mass is 35.5. The van der Waals surface area contributed by atoms with E-state index in [4.69, 9.17) is 11.6 Å². The lowest BCUT2D eigenvalue weighted by Crippen LogP contribution is -2.41. The smallest absolute Gasteiger partial charge is 0.244 e. The number of aromatic nitrogens is 1. The van der Waals surface area contributed by atoms with Crippen LogP contribution in [0.1, 0.15) is 39.5 Å². The fourth-order valence-corrected chi connectivity index (χ4v) is 4.47. The number of anilines is 1. The monoisotopic (exact) mass is 331 g/mol. The molecule has 1 aliphatic rings. The van der Waals surface area contributed by atoms with E-state index in [9.17, 15) is 8.42 Å². The molecule has 21 heavy (non-hydrogen) atoms. The Hall–Kier alpha value is -0.850. The molecule has 1 aromatic heterocycles. The fraction of sp³-hybridized carbons (Fsp3) is 0.643. The van der Waals surface area contributed by atoms with Crippen molar-refractivity contribution in [3.05, 3.63) is 17.3 Å². The van der Waals surface area contributed by atoms with Crippen molar-refractivity contribution in [2.45, 2.75) is 50.5 Å². The molecule has 118 valence electrons. The van der Waals surface area contributed by atoms with Gasteiger partial charge in [-0.15, -0.1) is 0 Å². The molecule has 2 heterocycles. The first-order valence-corrected chi connectivity index (χ1v) is 9.20. The quantitative estimate of drug-likeness (QED) is 0.900. The number of nitrogens with one attached hydrogen (secondary N) is 1. The average Bonchev–Trinajstić information content (AvgIpc) is 2.46. The standard InChI is InChI=1S/C14H22ClN3O2S/c1-3-7-16-14-13(15)9-12(10-17-14)21(19,20)18-8-5-4-6-11(18)2/h9-11H,3-8H2,1-2H3,(H,16,17). The summed E-state index contributed by atoms with van der Waals surface area (Å²) in [5.41, 5.74) is 0. The lowest BCUT2D eigenvalue weighted by molar-refractivity contribution is 0.268. The Labute approximate surface area is 131 Å². The predicted molar refractivity (Wildman–Crippen MR) is 85.2 cm³/mol. The van der Waals surface area contributed by atoms with Gasteiger partial charge < -0.3 is 5.32 Å². The summed E-state index contributed by atoms with van der Waals surface area (Å²) in [6.07, 6.45) is 5.22. The summed E-state index contributed by atoms with van der Waals surface area (Å²) in [5, 5.41) is 3.42. The summed E-state index contributed by atoms with van der Waals surface area (Å²) in [6.45, 7) is 5.30. The van der Waals surface area contributed by atoms with Crippen LogP contribution in [0.4, 0.5) is 5.82 Å². The highest BCUT2D eigenvalue weighted by molar-refractivity contribution is 7.89. The maximum atomic E-state index is 12.7. The molecule has 1 N–H and O–H groups in total. The van der Waals surface area contributed by atoms with E-state index in [1.165, 1.54) is 12.3 Å². The van der Waals surface area contributed by atoms with Gasteiger partial charge in [0.05, 0.1) is 5.02 Å². The third kappa shape index (κ3) is 3.67. The second kappa shape index (κ2) is 6.94. The number of nitrogens with zero attached hydrogens (tertiary/aromatic N) is 2. The van der Waals surface area contributed by atoms with Gasteiger partial charge in [0, 0.05) is 25.3 Å². The van der Waals surface area contributed by atoms with Crippen LogP contribution < -0.4 is 5.32 Å². The van der Waals surface area contributed by atoms with E-state index >= 15 is 0 Å². The van der Waals surface area contributed by atoms with Crippen LogP contribution in [-0.4, -0.2) is 36.8 Å². The van der Waals surface area contributed by atoms with Crippen LogP contribution in [0.5, 0.6) is 0 Å². The maximum Gasteiger partial charge on any atom is 0.244 e. The molecule has 1 aromatic rings. The number of hydrogen-bond donors (Lipinski definition) is 1. The van der Waals surface area contributed by atoms with Crippen LogP contribution >= 0.6 is 11.6 Å². The van der Waals surface area contributed by atoms with Crippen molar-refractivity contribution in [2.24, 2.45) is 0 Å². The summed E-state index contributed by atoms with van der Waals surface area (Å²) in [6, 6.07) is 1.52. The van der Waals surface area contributed by atoms with Crippen LogP contribution in [-0.2, 0) is 10.0 Å². The number of pyridine rings is 1. The first-order valence-electron chi connectivity index (χ1n) is 7.38. The molecular weight excluding hydrogens is 310 g/mol. The Morgan fingerprint density at radius 3 is 2.86 bits per heavy atom. The largest absolute Gasteiger partial charge is 0.369 e. The molecule has 5 nitrogen and oxygen atoms in total. The number of rotatable bonds is 5. The van der Waals surface area contributed by atoms with Crippen molar-refractivity contribution in [1.82, 2.24) is 9.29 Å². The number of sulfonamides is 1. The normalized spacial score (nSPS) is 20.4. The van der Waals surface area contributed by atoms with Crippen molar-refractivity contribution in [3.63, 3.8) is 0 Å². The lowest BCUT2D eigenvalue weighted by atomic mass is 10.1. The molecule has 0 radical (unpaired) electrons. The molecule has 1 saturated heterocycles. The molecule has 0 bridgehead atoms. The minimum absolute atomic E-state index is 0.0282. The van der Waals surface area contributed by atoms with Gasteiger partial charge >= 0.3 is 0 Å². The van der Waals surface area contributed by atoms with Gasteiger partial charge in [0.25, 0.3) is 0 Å². The molecule has 0 saturated carbocycles. The van der Waals surface area contributed by atoms with Crippen molar-refractivity contribution in [1.29, 1.82) is 0 Å². The molecule has 0 aromatic carbocycles. The lowest BCUT2D eigenvalue weighted by Gasteiger charge is -2.32. The molecular formula is C14H22ClN3O2S. The van der Waals surface area contributed by atoms with Gasteiger partial charge in [-0.05, 0) is 32.3 Å². The van der Waals surface area contributed by atoms with Crippen LogP contribution in [0.25, 0.3) is 0 Å². The van der Waals surface area contributed by atoms with Crippen molar-refractivity contribution in [2.75, 3.05) is 18.4 Å². The van der Waals surface area contributed by atoms with E-state index in [2.05, 4.69) is 10.3 Å². The van der Waals surface area contributed by atoms with E-state index in [1.54, 1.807) is 4.31 Å². The third-order valence-corrected chi connectivity index (χ3v) is 5.97. The molecule has 0 aliphatic carbocycles. The molecule has 1 aliphatic heterocycles. The number of halogens is 1. The summed E-state index contributed by atoms with van der Waals surface area (Å²) in [5.74, 6) is 0.532.